The molecule has 0 aliphatic carbocycles. The predicted molar refractivity (Wildman–Crippen MR) is 105 cm³/mol. The van der Waals surface area contributed by atoms with Gasteiger partial charge in [-0.1, -0.05) is 23.9 Å². The van der Waals surface area contributed by atoms with Crippen molar-refractivity contribution in [1.29, 1.82) is 0 Å². The Morgan fingerprint density at radius 2 is 2.08 bits per heavy atom. The second-order valence-corrected chi connectivity index (χ2v) is 7.93. The van der Waals surface area contributed by atoms with Gasteiger partial charge in [0.1, 0.15) is 10.6 Å². The highest BCUT2D eigenvalue weighted by molar-refractivity contribution is 8.00. The number of hydrogen-bond donors (Lipinski definition) is 1. The van der Waals surface area contributed by atoms with Crippen LogP contribution in [-0.2, 0) is 18.4 Å². The number of fused-ring (bicyclic) bond motifs is 1. The number of methoxy groups -OCH3 is 1. The van der Waals surface area contributed by atoms with E-state index in [0.717, 1.165) is 11.3 Å². The molecule has 2 heterocycles. The van der Waals surface area contributed by atoms with E-state index in [0.29, 0.717) is 21.9 Å². The third-order valence-electron chi connectivity index (χ3n) is 3.94. The summed E-state index contributed by atoms with van der Waals surface area (Å²) in [7, 11) is 3.29. The molecule has 0 unspecified atom stereocenters. The first-order valence-electron chi connectivity index (χ1n) is 8.01. The normalized spacial score (nSPS) is 12.1. The number of nitrogens with one attached hydrogen (secondary N) is 1. The standard InChI is InChI=1S/C18H19N3O3S2/c1-11(15(22)19-10-12-4-6-13(24-3)7-5-12)26-18-20-16-14(8-9-25-16)17(23)21(18)2/h4-9,11H,10H2,1-3H3,(H,19,22)/t11-/m0/s1. The van der Waals surface area contributed by atoms with Crippen LogP contribution in [0.1, 0.15) is 12.5 Å². The van der Waals surface area contributed by atoms with Crippen LogP contribution in [0.15, 0.2) is 45.7 Å². The maximum Gasteiger partial charge on any atom is 0.262 e. The first-order chi connectivity index (χ1) is 12.5. The number of amides is 1. The monoisotopic (exact) mass is 389 g/mol. The lowest BCUT2D eigenvalue weighted by atomic mass is 10.2. The molecule has 0 saturated heterocycles. The molecule has 2 aromatic heterocycles. The van der Waals surface area contributed by atoms with Crippen LogP contribution in [-0.4, -0.2) is 27.8 Å². The average Bonchev–Trinajstić information content (AvgIpc) is 3.12. The van der Waals surface area contributed by atoms with Crippen molar-refractivity contribution in [3.8, 4) is 5.75 Å². The van der Waals surface area contributed by atoms with Gasteiger partial charge in [-0.2, -0.15) is 0 Å². The fraction of sp³-hybridized carbons (Fsp3) is 0.278. The summed E-state index contributed by atoms with van der Waals surface area (Å²) >= 11 is 2.70. The fourth-order valence-corrected chi connectivity index (χ4v) is 4.08. The number of hydrogen-bond acceptors (Lipinski definition) is 6. The van der Waals surface area contributed by atoms with Gasteiger partial charge in [-0.05, 0) is 36.1 Å². The molecule has 1 aromatic carbocycles. The second-order valence-electron chi connectivity index (χ2n) is 5.72. The smallest absolute Gasteiger partial charge is 0.262 e. The molecule has 1 N–H and O–H groups in total. The zero-order valence-electron chi connectivity index (χ0n) is 14.7. The van der Waals surface area contributed by atoms with Crippen LogP contribution in [0.3, 0.4) is 0 Å². The quantitative estimate of drug-likeness (QED) is 0.518. The van der Waals surface area contributed by atoms with E-state index < -0.39 is 0 Å². The van der Waals surface area contributed by atoms with Gasteiger partial charge in [0.15, 0.2) is 5.16 Å². The van der Waals surface area contributed by atoms with Gasteiger partial charge in [0, 0.05) is 13.6 Å². The van der Waals surface area contributed by atoms with E-state index in [9.17, 15) is 9.59 Å². The predicted octanol–water partition coefficient (Wildman–Crippen LogP) is 2.80. The summed E-state index contributed by atoms with van der Waals surface area (Å²) in [5, 5.41) is 5.53. The van der Waals surface area contributed by atoms with Gasteiger partial charge < -0.3 is 10.1 Å². The van der Waals surface area contributed by atoms with Gasteiger partial charge in [-0.3, -0.25) is 14.2 Å². The summed E-state index contributed by atoms with van der Waals surface area (Å²) in [6.45, 7) is 2.24. The molecule has 3 rings (SSSR count). The highest BCUT2D eigenvalue weighted by atomic mass is 32.2. The molecule has 136 valence electrons. The maximum atomic E-state index is 12.4. The van der Waals surface area contributed by atoms with E-state index in [1.165, 1.54) is 27.7 Å². The van der Waals surface area contributed by atoms with Gasteiger partial charge in [0.2, 0.25) is 5.91 Å². The third kappa shape index (κ3) is 3.91. The van der Waals surface area contributed by atoms with Gasteiger partial charge in [-0.15, -0.1) is 11.3 Å². The third-order valence-corrected chi connectivity index (χ3v) is 5.89. The lowest BCUT2D eigenvalue weighted by Crippen LogP contribution is -2.31. The molecule has 1 amide bonds. The van der Waals surface area contributed by atoms with E-state index in [1.807, 2.05) is 29.6 Å². The van der Waals surface area contributed by atoms with Crippen molar-refractivity contribution in [3.63, 3.8) is 0 Å². The van der Waals surface area contributed by atoms with Crippen LogP contribution in [0, 0.1) is 0 Å². The van der Waals surface area contributed by atoms with Crippen molar-refractivity contribution in [3.05, 3.63) is 51.6 Å². The summed E-state index contributed by atoms with van der Waals surface area (Å²) in [6, 6.07) is 9.31. The molecule has 0 aliphatic rings. The molecule has 3 aromatic rings. The summed E-state index contributed by atoms with van der Waals surface area (Å²) in [5.74, 6) is 0.673. The molecule has 0 radical (unpaired) electrons. The first kappa shape index (κ1) is 18.5. The van der Waals surface area contributed by atoms with E-state index in [1.54, 1.807) is 27.1 Å². The molecule has 0 bridgehead atoms. The molecular weight excluding hydrogens is 370 g/mol. The molecule has 1 atom stereocenters. The van der Waals surface area contributed by atoms with Crippen molar-refractivity contribution in [2.75, 3.05) is 7.11 Å². The minimum atomic E-state index is -0.372. The highest BCUT2D eigenvalue weighted by Crippen LogP contribution is 2.24. The Morgan fingerprint density at radius 1 is 1.35 bits per heavy atom. The summed E-state index contributed by atoms with van der Waals surface area (Å²) in [5.41, 5.74) is 0.895. The minimum Gasteiger partial charge on any atom is -0.497 e. The van der Waals surface area contributed by atoms with Gasteiger partial charge >= 0.3 is 0 Å². The molecule has 0 saturated carbocycles. The second kappa shape index (κ2) is 7.92. The number of carbonyl (C=O) groups is 1. The van der Waals surface area contributed by atoms with Crippen molar-refractivity contribution < 1.29 is 9.53 Å². The maximum absolute atomic E-state index is 12.4. The number of thiophene rings is 1. The Morgan fingerprint density at radius 3 is 2.77 bits per heavy atom. The number of nitrogens with zero attached hydrogens (tertiary/aromatic N) is 2. The molecule has 0 spiro atoms. The number of thioether (sulfide) groups is 1. The van der Waals surface area contributed by atoms with Crippen molar-refractivity contribution in [2.24, 2.45) is 7.05 Å². The van der Waals surface area contributed by atoms with Crippen molar-refractivity contribution in [2.45, 2.75) is 23.9 Å². The van der Waals surface area contributed by atoms with E-state index in [2.05, 4.69) is 10.3 Å². The van der Waals surface area contributed by atoms with Crippen LogP contribution in [0.5, 0.6) is 5.75 Å². The number of carbonyl (C=O) groups excluding carboxylic acids is 1. The van der Waals surface area contributed by atoms with E-state index >= 15 is 0 Å². The van der Waals surface area contributed by atoms with Crippen LogP contribution in [0.2, 0.25) is 0 Å². The Bertz CT molecular complexity index is 980. The molecule has 26 heavy (non-hydrogen) atoms. The molecule has 8 heteroatoms. The lowest BCUT2D eigenvalue weighted by Gasteiger charge is -2.13. The number of rotatable bonds is 6. The molecule has 0 fully saturated rings. The number of ether oxygens (including phenoxy) is 1. The van der Waals surface area contributed by atoms with Gasteiger partial charge in [-0.25, -0.2) is 4.98 Å². The minimum absolute atomic E-state index is 0.0930. The number of benzene rings is 1. The summed E-state index contributed by atoms with van der Waals surface area (Å²) in [6.07, 6.45) is 0. The fourth-order valence-electron chi connectivity index (χ4n) is 2.37. The van der Waals surface area contributed by atoms with Crippen LogP contribution in [0.4, 0.5) is 0 Å². The zero-order chi connectivity index (χ0) is 18.7. The zero-order valence-corrected chi connectivity index (χ0v) is 16.3. The summed E-state index contributed by atoms with van der Waals surface area (Å²) < 4.78 is 6.61. The topological polar surface area (TPSA) is 73.2 Å². The Kier molecular flexibility index (Phi) is 5.63. The molecule has 6 nitrogen and oxygen atoms in total. The SMILES string of the molecule is COc1ccc(CNC(=O)[C@H](C)Sc2nc3sccc3c(=O)n2C)cc1. The van der Waals surface area contributed by atoms with Crippen molar-refractivity contribution in [1.82, 2.24) is 14.9 Å². The average molecular weight is 390 g/mol. The Balaban J connectivity index is 1.65. The Labute approximate surface area is 159 Å². The van der Waals surface area contributed by atoms with Crippen LogP contribution >= 0.6 is 23.1 Å². The molecule has 0 aliphatic heterocycles. The summed E-state index contributed by atoms with van der Waals surface area (Å²) in [4.78, 5) is 29.9. The van der Waals surface area contributed by atoms with Gasteiger partial charge in [0.05, 0.1) is 17.7 Å². The van der Waals surface area contributed by atoms with Gasteiger partial charge in [0.25, 0.3) is 5.56 Å². The lowest BCUT2D eigenvalue weighted by molar-refractivity contribution is -0.120. The van der Waals surface area contributed by atoms with Crippen LogP contribution in [0.25, 0.3) is 10.2 Å². The Hall–Kier alpha value is -2.32. The van der Waals surface area contributed by atoms with Crippen molar-refractivity contribution >= 4 is 39.2 Å². The number of aromatic nitrogens is 2. The van der Waals surface area contributed by atoms with E-state index in [-0.39, 0.29) is 16.7 Å². The van der Waals surface area contributed by atoms with E-state index in [4.69, 9.17) is 4.74 Å². The highest BCUT2D eigenvalue weighted by Gasteiger charge is 2.18. The molecular formula is C18H19N3O3S2. The first-order valence-corrected chi connectivity index (χ1v) is 9.77. The van der Waals surface area contributed by atoms with Crippen LogP contribution < -0.4 is 15.6 Å². The largest absolute Gasteiger partial charge is 0.497 e.